The van der Waals surface area contributed by atoms with Gasteiger partial charge in [0.25, 0.3) is 0 Å². The van der Waals surface area contributed by atoms with Crippen molar-refractivity contribution in [2.24, 2.45) is 5.92 Å². The fraction of sp³-hybridized carbons (Fsp3) is 0.474. The smallest absolute Gasteiger partial charge is 0.310 e. The molecule has 0 radical (unpaired) electrons. The number of hydrogen-bond donors (Lipinski definition) is 0. The first kappa shape index (κ1) is 18.5. The molecule has 1 fully saturated rings. The number of likely N-dealkylation sites (tertiary alicyclic amines) is 1. The Morgan fingerprint density at radius 2 is 2.15 bits per heavy atom. The number of ether oxygens (including phenoxy) is 1. The average molecular weight is 373 g/mol. The first-order valence-corrected chi connectivity index (χ1v) is 9.84. The van der Waals surface area contributed by atoms with E-state index in [0.29, 0.717) is 32.5 Å². The van der Waals surface area contributed by atoms with Crippen molar-refractivity contribution < 1.29 is 14.3 Å². The number of thiazole rings is 1. The number of aromatic nitrogens is 2. The third kappa shape index (κ3) is 4.66. The zero-order valence-corrected chi connectivity index (χ0v) is 15.7. The molecule has 1 saturated heterocycles. The number of pyridine rings is 1. The number of nitrogens with zero attached hydrogens (tertiary/aromatic N) is 3. The number of carbonyl (C=O) groups excluding carboxylic acids is 2. The molecule has 3 rings (SSSR count). The maximum absolute atomic E-state index is 12.5. The van der Waals surface area contributed by atoms with Gasteiger partial charge in [0.15, 0.2) is 0 Å². The molecular formula is C19H23N3O3S. The van der Waals surface area contributed by atoms with Crippen LogP contribution >= 0.6 is 11.3 Å². The molecule has 3 heterocycles. The molecule has 2 aromatic heterocycles. The van der Waals surface area contributed by atoms with E-state index in [2.05, 4.69) is 9.97 Å². The average Bonchev–Trinajstić information content (AvgIpc) is 3.16. The monoisotopic (exact) mass is 373 g/mol. The lowest BCUT2D eigenvalue weighted by Crippen LogP contribution is -2.42. The SMILES string of the molecule is CCOC(=O)C1CCCN(C(=O)CCc2csc(-c3ccncc3)n2)C1. The van der Waals surface area contributed by atoms with Crippen LogP contribution in [0.4, 0.5) is 0 Å². The highest BCUT2D eigenvalue weighted by molar-refractivity contribution is 7.13. The summed E-state index contributed by atoms with van der Waals surface area (Å²) in [6.07, 6.45) is 6.16. The van der Waals surface area contributed by atoms with Crippen LogP contribution in [0.25, 0.3) is 10.6 Å². The molecule has 0 spiro atoms. The van der Waals surface area contributed by atoms with Crippen LogP contribution in [-0.2, 0) is 20.7 Å². The Labute approximate surface area is 157 Å². The van der Waals surface area contributed by atoms with Gasteiger partial charge in [0, 0.05) is 42.8 Å². The van der Waals surface area contributed by atoms with Gasteiger partial charge in [0.05, 0.1) is 18.2 Å². The Kier molecular flexibility index (Phi) is 6.33. The van der Waals surface area contributed by atoms with Crippen LogP contribution in [0.3, 0.4) is 0 Å². The van der Waals surface area contributed by atoms with Gasteiger partial charge in [-0.1, -0.05) is 0 Å². The van der Waals surface area contributed by atoms with Crippen LogP contribution in [-0.4, -0.2) is 46.4 Å². The molecule has 0 N–H and O–H groups in total. The molecule has 2 aromatic rings. The summed E-state index contributed by atoms with van der Waals surface area (Å²) in [5, 5.41) is 2.94. The molecule has 6 nitrogen and oxygen atoms in total. The van der Waals surface area contributed by atoms with Gasteiger partial charge in [-0.15, -0.1) is 11.3 Å². The van der Waals surface area contributed by atoms with Crippen molar-refractivity contribution in [3.63, 3.8) is 0 Å². The molecule has 1 atom stereocenters. The lowest BCUT2D eigenvalue weighted by Gasteiger charge is -2.31. The normalized spacial score (nSPS) is 17.1. The largest absolute Gasteiger partial charge is 0.466 e. The van der Waals surface area contributed by atoms with E-state index in [4.69, 9.17) is 4.74 Å². The van der Waals surface area contributed by atoms with Gasteiger partial charge in [-0.25, -0.2) is 4.98 Å². The summed E-state index contributed by atoms with van der Waals surface area (Å²) >= 11 is 1.57. The number of hydrogen-bond acceptors (Lipinski definition) is 6. The number of esters is 1. The fourth-order valence-corrected chi connectivity index (χ4v) is 3.96. The molecule has 0 saturated carbocycles. The van der Waals surface area contributed by atoms with Crippen LogP contribution < -0.4 is 0 Å². The molecule has 1 unspecified atom stereocenters. The fourth-order valence-electron chi connectivity index (χ4n) is 3.10. The first-order valence-electron chi connectivity index (χ1n) is 8.96. The van der Waals surface area contributed by atoms with Gasteiger partial charge >= 0.3 is 5.97 Å². The zero-order chi connectivity index (χ0) is 18.4. The summed E-state index contributed by atoms with van der Waals surface area (Å²) in [4.78, 5) is 34.8. The summed E-state index contributed by atoms with van der Waals surface area (Å²) in [6, 6.07) is 3.86. The Balaban J connectivity index is 1.52. The minimum atomic E-state index is -0.190. The van der Waals surface area contributed by atoms with Crippen LogP contribution in [0.1, 0.15) is 31.9 Å². The van der Waals surface area contributed by atoms with Gasteiger partial charge in [0.1, 0.15) is 5.01 Å². The topological polar surface area (TPSA) is 72.4 Å². The van der Waals surface area contributed by atoms with E-state index in [1.807, 2.05) is 17.5 Å². The molecule has 26 heavy (non-hydrogen) atoms. The third-order valence-corrected chi connectivity index (χ3v) is 5.41. The zero-order valence-electron chi connectivity index (χ0n) is 14.9. The van der Waals surface area contributed by atoms with Gasteiger partial charge in [0.2, 0.25) is 5.91 Å². The second-order valence-electron chi connectivity index (χ2n) is 6.31. The minimum absolute atomic E-state index is 0.0810. The molecule has 1 aliphatic rings. The van der Waals surface area contributed by atoms with E-state index >= 15 is 0 Å². The molecule has 1 amide bonds. The predicted octanol–water partition coefficient (Wildman–Crippen LogP) is 2.94. The van der Waals surface area contributed by atoms with Crippen LogP contribution in [0.5, 0.6) is 0 Å². The molecule has 0 aliphatic carbocycles. The number of rotatable bonds is 6. The van der Waals surface area contributed by atoms with Gasteiger partial charge in [-0.2, -0.15) is 0 Å². The minimum Gasteiger partial charge on any atom is -0.466 e. The van der Waals surface area contributed by atoms with Crippen molar-refractivity contribution in [2.45, 2.75) is 32.6 Å². The number of amides is 1. The molecule has 0 bridgehead atoms. The summed E-state index contributed by atoms with van der Waals surface area (Å²) in [5.41, 5.74) is 1.96. The van der Waals surface area contributed by atoms with Crippen LogP contribution in [0.15, 0.2) is 29.9 Å². The molecule has 1 aliphatic heterocycles. The van der Waals surface area contributed by atoms with E-state index in [9.17, 15) is 9.59 Å². The van der Waals surface area contributed by atoms with E-state index in [0.717, 1.165) is 29.1 Å². The van der Waals surface area contributed by atoms with E-state index in [1.165, 1.54) is 0 Å². The van der Waals surface area contributed by atoms with Gasteiger partial charge in [-0.05, 0) is 38.3 Å². The highest BCUT2D eigenvalue weighted by Gasteiger charge is 2.29. The Morgan fingerprint density at radius 1 is 1.35 bits per heavy atom. The molecular weight excluding hydrogens is 350 g/mol. The number of piperidine rings is 1. The quantitative estimate of drug-likeness (QED) is 0.728. The summed E-state index contributed by atoms with van der Waals surface area (Å²) in [5.74, 6) is -0.297. The first-order chi connectivity index (χ1) is 12.7. The third-order valence-electron chi connectivity index (χ3n) is 4.47. The maximum atomic E-state index is 12.5. The van der Waals surface area contributed by atoms with Gasteiger partial charge in [-0.3, -0.25) is 14.6 Å². The summed E-state index contributed by atoms with van der Waals surface area (Å²) in [7, 11) is 0. The molecule has 7 heteroatoms. The van der Waals surface area contributed by atoms with Crippen molar-refractivity contribution in [3.8, 4) is 10.6 Å². The Hall–Kier alpha value is -2.28. The second kappa shape index (κ2) is 8.89. The van der Waals surface area contributed by atoms with Crippen LogP contribution in [0, 0.1) is 5.92 Å². The summed E-state index contributed by atoms with van der Waals surface area (Å²) in [6.45, 7) is 3.37. The predicted molar refractivity (Wildman–Crippen MR) is 99.6 cm³/mol. The maximum Gasteiger partial charge on any atom is 0.310 e. The highest BCUT2D eigenvalue weighted by atomic mass is 32.1. The standard InChI is InChI=1S/C19H23N3O3S/c1-2-25-19(24)15-4-3-11-22(12-15)17(23)6-5-16-13-26-18(21-16)14-7-9-20-10-8-14/h7-10,13,15H,2-6,11-12H2,1H3. The highest BCUT2D eigenvalue weighted by Crippen LogP contribution is 2.24. The summed E-state index contributed by atoms with van der Waals surface area (Å²) < 4.78 is 5.09. The Morgan fingerprint density at radius 3 is 2.92 bits per heavy atom. The van der Waals surface area contributed by atoms with Crippen molar-refractivity contribution in [1.29, 1.82) is 0 Å². The van der Waals surface area contributed by atoms with Crippen molar-refractivity contribution >= 4 is 23.2 Å². The lowest BCUT2D eigenvalue weighted by molar-refractivity contribution is -0.151. The number of aryl methyl sites for hydroxylation is 1. The van der Waals surface area contributed by atoms with Crippen molar-refractivity contribution in [1.82, 2.24) is 14.9 Å². The molecule has 0 aromatic carbocycles. The second-order valence-corrected chi connectivity index (χ2v) is 7.17. The van der Waals surface area contributed by atoms with E-state index < -0.39 is 0 Å². The van der Waals surface area contributed by atoms with E-state index in [1.54, 1.807) is 35.6 Å². The van der Waals surface area contributed by atoms with Crippen molar-refractivity contribution in [3.05, 3.63) is 35.6 Å². The van der Waals surface area contributed by atoms with Crippen molar-refractivity contribution in [2.75, 3.05) is 19.7 Å². The molecule has 138 valence electrons. The van der Waals surface area contributed by atoms with Crippen LogP contribution in [0.2, 0.25) is 0 Å². The lowest BCUT2D eigenvalue weighted by atomic mass is 9.98. The van der Waals surface area contributed by atoms with E-state index in [-0.39, 0.29) is 17.8 Å². The Bertz CT molecular complexity index is 747. The van der Waals surface area contributed by atoms with Gasteiger partial charge < -0.3 is 9.64 Å². The number of carbonyl (C=O) groups is 2.